The minimum Gasteiger partial charge on any atom is -0.600 e. The first-order chi connectivity index (χ1) is 6.24. The highest BCUT2D eigenvalue weighted by molar-refractivity contribution is 5.17. The first-order valence-electron chi connectivity index (χ1n) is 4.44. The molecule has 0 aliphatic carbocycles. The smallest absolute Gasteiger partial charge is 0.177 e. The molecule has 1 rings (SSSR count). The Morgan fingerprint density at radius 1 is 1.38 bits per heavy atom. The third-order valence-corrected chi connectivity index (χ3v) is 1.85. The zero-order valence-corrected chi connectivity index (χ0v) is 7.97. The van der Waals surface area contributed by atoms with Crippen LogP contribution in [0.2, 0.25) is 0 Å². The molecular weight excluding hydrogens is 164 g/mol. The van der Waals surface area contributed by atoms with Crippen LogP contribution >= 0.6 is 0 Å². The number of hydroxylamine groups is 1. The Bertz CT molecular complexity index is 282. The lowest BCUT2D eigenvalue weighted by atomic mass is 10.1. The van der Waals surface area contributed by atoms with Gasteiger partial charge in [-0.05, 0) is 24.5 Å². The number of hydrogen-bond acceptors (Lipinski definition) is 2. The largest absolute Gasteiger partial charge is 0.600 e. The summed E-state index contributed by atoms with van der Waals surface area (Å²) in [6.07, 6.45) is 0. The van der Waals surface area contributed by atoms with Crippen LogP contribution in [0.4, 0.5) is 0 Å². The van der Waals surface area contributed by atoms with E-state index in [9.17, 15) is 5.21 Å². The van der Waals surface area contributed by atoms with Gasteiger partial charge < -0.3 is 5.21 Å². The van der Waals surface area contributed by atoms with Crippen LogP contribution in [-0.2, 0) is 0 Å². The Kier molecular flexibility index (Phi) is 3.43. The van der Waals surface area contributed by atoms with Gasteiger partial charge in [-0.3, -0.25) is 0 Å². The molecule has 1 aromatic carbocycles. The first kappa shape index (κ1) is 9.71. The zero-order valence-electron chi connectivity index (χ0n) is 7.97. The van der Waals surface area contributed by atoms with Gasteiger partial charge in [0.25, 0.3) is 0 Å². The molecule has 3 nitrogen and oxygen atoms in total. The Morgan fingerprint density at radius 3 is 2.54 bits per heavy atom. The van der Waals surface area contributed by atoms with E-state index in [-0.39, 0.29) is 6.04 Å². The highest BCUT2D eigenvalue weighted by Crippen LogP contribution is 2.15. The van der Waals surface area contributed by atoms with Crippen LogP contribution in [0.5, 0.6) is 0 Å². The molecule has 0 fully saturated rings. The highest BCUT2D eigenvalue weighted by Gasteiger charge is 2.05. The molecule has 0 aromatic heterocycles. The van der Waals surface area contributed by atoms with Crippen LogP contribution in [0, 0.1) is 5.21 Å². The van der Waals surface area contributed by atoms with Crippen molar-refractivity contribution in [2.75, 3.05) is 6.54 Å². The summed E-state index contributed by atoms with van der Waals surface area (Å²) in [4.78, 5) is 0.720. The summed E-state index contributed by atoms with van der Waals surface area (Å²) in [5.74, 6) is 0. The van der Waals surface area contributed by atoms with Crippen LogP contribution < -0.4 is 0 Å². The first-order valence-corrected chi connectivity index (χ1v) is 4.44. The minimum absolute atomic E-state index is 0.0568. The fourth-order valence-electron chi connectivity index (χ4n) is 1.07. The number of rotatable bonds is 3. The molecule has 0 saturated carbocycles. The molecule has 3 heteroatoms. The Labute approximate surface area is 78.3 Å². The number of azo groups is 1. The van der Waals surface area contributed by atoms with Crippen molar-refractivity contribution in [3.05, 3.63) is 41.1 Å². The van der Waals surface area contributed by atoms with Crippen molar-refractivity contribution in [3.8, 4) is 0 Å². The fraction of sp³-hybridized carbons (Fsp3) is 0.400. The second-order valence-electron chi connectivity index (χ2n) is 2.87. The van der Waals surface area contributed by atoms with Crippen molar-refractivity contribution in [2.45, 2.75) is 19.9 Å². The lowest BCUT2D eigenvalue weighted by molar-refractivity contribution is -0.530. The van der Waals surface area contributed by atoms with E-state index in [1.165, 1.54) is 0 Å². The van der Waals surface area contributed by atoms with Crippen LogP contribution in [-0.4, -0.2) is 11.4 Å². The predicted molar refractivity (Wildman–Crippen MR) is 51.5 cm³/mol. The predicted octanol–water partition coefficient (Wildman–Crippen LogP) is 2.73. The molecule has 13 heavy (non-hydrogen) atoms. The summed E-state index contributed by atoms with van der Waals surface area (Å²) < 4.78 is 0. The highest BCUT2D eigenvalue weighted by atomic mass is 16.5. The molecule has 0 heterocycles. The van der Waals surface area contributed by atoms with Crippen LogP contribution in [0.3, 0.4) is 0 Å². The molecule has 1 unspecified atom stereocenters. The Balaban J connectivity index is 2.75. The van der Waals surface area contributed by atoms with Gasteiger partial charge in [-0.2, -0.15) is 0 Å². The van der Waals surface area contributed by atoms with Crippen LogP contribution in [0.15, 0.2) is 35.4 Å². The van der Waals surface area contributed by atoms with Gasteiger partial charge in [0.15, 0.2) is 6.54 Å². The molecule has 1 atom stereocenters. The second-order valence-corrected chi connectivity index (χ2v) is 2.87. The van der Waals surface area contributed by atoms with Gasteiger partial charge in [0.2, 0.25) is 0 Å². The minimum atomic E-state index is -0.0568. The summed E-state index contributed by atoms with van der Waals surface area (Å²) >= 11 is 0. The molecule has 0 saturated heterocycles. The average molecular weight is 178 g/mol. The summed E-state index contributed by atoms with van der Waals surface area (Å²) in [5, 5.41) is 14.9. The molecule has 0 amide bonds. The van der Waals surface area contributed by atoms with E-state index in [1.54, 1.807) is 6.92 Å². The molecule has 0 aliphatic rings. The molecule has 0 spiro atoms. The van der Waals surface area contributed by atoms with Gasteiger partial charge in [0, 0.05) is 0 Å². The van der Waals surface area contributed by atoms with E-state index in [2.05, 4.69) is 5.11 Å². The second kappa shape index (κ2) is 4.60. The number of benzene rings is 1. The molecule has 1 aromatic rings. The number of hydrogen-bond donors (Lipinski definition) is 0. The summed E-state index contributed by atoms with van der Waals surface area (Å²) in [6.45, 7) is 4.10. The third kappa shape index (κ3) is 2.86. The van der Waals surface area contributed by atoms with Crippen molar-refractivity contribution >= 4 is 0 Å². The summed E-state index contributed by atoms with van der Waals surface area (Å²) in [6, 6.07) is 9.73. The van der Waals surface area contributed by atoms with Crippen molar-refractivity contribution < 1.29 is 4.86 Å². The standard InChI is InChI=1S/C10H14N2O/c1-3-12(13)11-9(2)10-7-5-4-6-8-10/h4-9H,3H2,1-2H3. The molecule has 70 valence electrons. The van der Waals surface area contributed by atoms with Gasteiger partial charge in [-0.15, -0.1) is 0 Å². The summed E-state index contributed by atoms with van der Waals surface area (Å²) in [7, 11) is 0. The van der Waals surface area contributed by atoms with Crippen molar-refractivity contribution in [2.24, 2.45) is 5.11 Å². The monoisotopic (exact) mass is 178 g/mol. The van der Waals surface area contributed by atoms with Crippen molar-refractivity contribution in [3.63, 3.8) is 0 Å². The number of nitrogens with zero attached hydrogens (tertiary/aromatic N) is 2. The maximum atomic E-state index is 10.9. The maximum absolute atomic E-state index is 10.9. The molecule has 0 bridgehead atoms. The van der Waals surface area contributed by atoms with Crippen LogP contribution in [0.1, 0.15) is 25.5 Å². The lowest BCUT2D eigenvalue weighted by Crippen LogP contribution is -2.01. The molecule has 0 N–H and O–H groups in total. The van der Waals surface area contributed by atoms with Gasteiger partial charge in [-0.1, -0.05) is 35.2 Å². The zero-order chi connectivity index (χ0) is 9.68. The van der Waals surface area contributed by atoms with E-state index >= 15 is 0 Å². The van der Waals surface area contributed by atoms with Crippen molar-refractivity contribution in [1.29, 1.82) is 0 Å². The van der Waals surface area contributed by atoms with Gasteiger partial charge in [0.1, 0.15) is 6.04 Å². The SMILES string of the molecule is CC[N+]([O-])=NC(C)c1ccccc1. The van der Waals surface area contributed by atoms with E-state index in [1.807, 2.05) is 37.3 Å². The van der Waals surface area contributed by atoms with E-state index in [0.717, 1.165) is 10.4 Å². The maximum Gasteiger partial charge on any atom is 0.177 e. The van der Waals surface area contributed by atoms with Crippen molar-refractivity contribution in [1.82, 2.24) is 0 Å². The lowest BCUT2D eigenvalue weighted by Gasteiger charge is -2.04. The Hall–Kier alpha value is -1.38. The molecule has 0 radical (unpaired) electrons. The molecule has 0 aliphatic heterocycles. The topological polar surface area (TPSA) is 38.4 Å². The average Bonchev–Trinajstić information content (AvgIpc) is 2.19. The third-order valence-electron chi connectivity index (χ3n) is 1.85. The van der Waals surface area contributed by atoms with E-state index in [4.69, 9.17) is 0 Å². The Morgan fingerprint density at radius 2 is 2.00 bits per heavy atom. The normalized spacial score (nSPS) is 14.2. The van der Waals surface area contributed by atoms with Gasteiger partial charge >= 0.3 is 0 Å². The summed E-state index contributed by atoms with van der Waals surface area (Å²) in [5.41, 5.74) is 1.07. The van der Waals surface area contributed by atoms with E-state index < -0.39 is 0 Å². The quantitative estimate of drug-likeness (QED) is 0.398. The van der Waals surface area contributed by atoms with Crippen LogP contribution in [0.25, 0.3) is 0 Å². The van der Waals surface area contributed by atoms with E-state index in [0.29, 0.717) is 6.54 Å². The van der Waals surface area contributed by atoms with Gasteiger partial charge in [0.05, 0.1) is 0 Å². The van der Waals surface area contributed by atoms with Gasteiger partial charge in [-0.25, -0.2) is 0 Å². The fourth-order valence-corrected chi connectivity index (χ4v) is 1.07. The molecular formula is C10H14N2O.